The van der Waals surface area contributed by atoms with Gasteiger partial charge in [0.2, 0.25) is 0 Å². The molecule has 0 fully saturated rings. The summed E-state index contributed by atoms with van der Waals surface area (Å²) in [4.78, 5) is 4.33. The van der Waals surface area contributed by atoms with Gasteiger partial charge in [-0.05, 0) is 31.5 Å². The molecule has 4 nitrogen and oxygen atoms in total. The molecule has 1 aromatic carbocycles. The maximum Gasteiger partial charge on any atom is 0.191 e. The summed E-state index contributed by atoms with van der Waals surface area (Å²) in [6.07, 6.45) is 1.06. The molecule has 108 valence electrons. The van der Waals surface area contributed by atoms with Gasteiger partial charge in [0.15, 0.2) is 5.96 Å². The van der Waals surface area contributed by atoms with E-state index in [0.29, 0.717) is 12.1 Å². The summed E-state index contributed by atoms with van der Waals surface area (Å²) >= 11 is 0. The Kier molecular flexibility index (Phi) is 4.85. The van der Waals surface area contributed by atoms with E-state index in [0.717, 1.165) is 42.2 Å². The Bertz CT molecular complexity index is 639. The fourth-order valence-corrected chi connectivity index (χ4v) is 2.23. The molecule has 0 aliphatic carbocycles. The van der Waals surface area contributed by atoms with Gasteiger partial charge in [0.25, 0.3) is 0 Å². The lowest BCUT2D eigenvalue weighted by atomic mass is 10.1. The van der Waals surface area contributed by atoms with E-state index in [2.05, 4.69) is 15.6 Å². The quantitative estimate of drug-likeness (QED) is 0.777. The average Bonchev–Trinajstić information content (AvgIpc) is 2.74. The summed E-state index contributed by atoms with van der Waals surface area (Å²) in [6.45, 7) is 4.28. The fourth-order valence-electron chi connectivity index (χ4n) is 2.23. The van der Waals surface area contributed by atoms with Crippen molar-refractivity contribution in [3.63, 3.8) is 0 Å². The van der Waals surface area contributed by atoms with Gasteiger partial charge in [0.05, 0.1) is 6.54 Å². The molecule has 0 amide bonds. The lowest BCUT2D eigenvalue weighted by Gasteiger charge is -2.15. The van der Waals surface area contributed by atoms with Crippen LogP contribution in [-0.4, -0.2) is 19.0 Å². The summed E-state index contributed by atoms with van der Waals surface area (Å²) in [5.74, 6) is 1.38. The summed E-state index contributed by atoms with van der Waals surface area (Å²) in [5.41, 5.74) is 1.69. The number of fused-ring (bicyclic) bond motifs is 1. The summed E-state index contributed by atoms with van der Waals surface area (Å²) in [7, 11) is 0. The Morgan fingerprint density at radius 2 is 2.30 bits per heavy atom. The molecule has 0 unspecified atom stereocenters. The van der Waals surface area contributed by atoms with E-state index in [1.807, 2.05) is 6.92 Å². The number of hydrogen-bond donors (Lipinski definition) is 2. The molecule has 2 N–H and O–H groups in total. The van der Waals surface area contributed by atoms with Crippen LogP contribution in [0.3, 0.4) is 0 Å². The fraction of sp³-hybridized carbons (Fsp3) is 0.357. The summed E-state index contributed by atoms with van der Waals surface area (Å²) < 4.78 is 18.9. The van der Waals surface area contributed by atoms with Gasteiger partial charge in [-0.25, -0.2) is 4.39 Å². The Balaban J connectivity index is 0.00000147. The largest absolute Gasteiger partial charge is 0.459 e. The van der Waals surface area contributed by atoms with Gasteiger partial charge in [-0.1, -0.05) is 0 Å². The maximum atomic E-state index is 13.2. The number of aliphatic imine (C=N–C) groups is 1. The van der Waals surface area contributed by atoms with E-state index < -0.39 is 0 Å². The lowest BCUT2D eigenvalue weighted by Crippen LogP contribution is -2.40. The van der Waals surface area contributed by atoms with Crippen molar-refractivity contribution in [2.45, 2.75) is 19.9 Å². The highest BCUT2D eigenvalue weighted by molar-refractivity contribution is 14.0. The molecule has 0 bridgehead atoms. The normalized spacial score (nSPS) is 14.4. The summed E-state index contributed by atoms with van der Waals surface area (Å²) in [6, 6.07) is 4.58. The monoisotopic (exact) mass is 389 g/mol. The molecule has 0 atom stereocenters. The molecular weight excluding hydrogens is 372 g/mol. The van der Waals surface area contributed by atoms with E-state index in [1.54, 1.807) is 6.07 Å². The first-order chi connectivity index (χ1) is 9.24. The predicted octanol–water partition coefficient (Wildman–Crippen LogP) is 2.94. The molecule has 2 aromatic rings. The molecule has 1 aliphatic rings. The molecule has 1 aliphatic heterocycles. The number of guanidine groups is 1. The van der Waals surface area contributed by atoms with Gasteiger partial charge in [0, 0.05) is 24.0 Å². The van der Waals surface area contributed by atoms with Crippen molar-refractivity contribution in [1.82, 2.24) is 10.6 Å². The molecular formula is C14H17FIN3O. The second kappa shape index (κ2) is 6.43. The number of benzene rings is 1. The highest BCUT2D eigenvalue weighted by Gasteiger charge is 2.12. The molecule has 3 rings (SSSR count). The first kappa shape index (κ1) is 15.1. The minimum Gasteiger partial charge on any atom is -0.459 e. The van der Waals surface area contributed by atoms with Crippen LogP contribution in [0.1, 0.15) is 17.7 Å². The first-order valence-corrected chi connectivity index (χ1v) is 6.44. The van der Waals surface area contributed by atoms with E-state index >= 15 is 0 Å². The Morgan fingerprint density at radius 1 is 1.45 bits per heavy atom. The van der Waals surface area contributed by atoms with Crippen LogP contribution in [0.15, 0.2) is 27.6 Å². The number of hydrogen-bond acceptors (Lipinski definition) is 4. The second-order valence-corrected chi connectivity index (χ2v) is 4.65. The van der Waals surface area contributed by atoms with Crippen LogP contribution in [0.4, 0.5) is 4.39 Å². The summed E-state index contributed by atoms with van der Waals surface area (Å²) in [5, 5.41) is 7.22. The van der Waals surface area contributed by atoms with Crippen LogP contribution >= 0.6 is 24.0 Å². The molecule has 0 saturated heterocycles. The van der Waals surface area contributed by atoms with Crippen LogP contribution < -0.4 is 10.6 Å². The minimum absolute atomic E-state index is 0. The Morgan fingerprint density at radius 3 is 3.05 bits per heavy atom. The van der Waals surface area contributed by atoms with Crippen molar-refractivity contribution >= 4 is 40.9 Å². The lowest BCUT2D eigenvalue weighted by molar-refractivity contribution is 0.532. The van der Waals surface area contributed by atoms with Crippen LogP contribution in [-0.2, 0) is 6.54 Å². The van der Waals surface area contributed by atoms with Crippen molar-refractivity contribution < 1.29 is 8.81 Å². The second-order valence-electron chi connectivity index (χ2n) is 4.65. The first-order valence-electron chi connectivity index (χ1n) is 6.44. The molecule has 0 spiro atoms. The van der Waals surface area contributed by atoms with Gasteiger partial charge < -0.3 is 15.1 Å². The molecule has 0 saturated carbocycles. The van der Waals surface area contributed by atoms with E-state index in [-0.39, 0.29) is 29.8 Å². The molecule has 0 radical (unpaired) electrons. The van der Waals surface area contributed by atoms with Crippen molar-refractivity contribution in [3.05, 3.63) is 35.3 Å². The Labute approximate surface area is 133 Å². The molecule has 20 heavy (non-hydrogen) atoms. The minimum atomic E-state index is -0.241. The Hall–Kier alpha value is -1.31. The van der Waals surface area contributed by atoms with Gasteiger partial charge in [-0.3, -0.25) is 4.99 Å². The zero-order valence-corrected chi connectivity index (χ0v) is 13.5. The van der Waals surface area contributed by atoms with Crippen LogP contribution in [0.2, 0.25) is 0 Å². The SMILES string of the molecule is Cc1c(CNC2=NCCCN2)oc2ccc(F)cc12.I. The van der Waals surface area contributed by atoms with Crippen molar-refractivity contribution in [2.75, 3.05) is 13.1 Å². The van der Waals surface area contributed by atoms with Crippen LogP contribution in [0.25, 0.3) is 11.0 Å². The van der Waals surface area contributed by atoms with Crippen molar-refractivity contribution in [1.29, 1.82) is 0 Å². The van der Waals surface area contributed by atoms with E-state index in [1.165, 1.54) is 12.1 Å². The standard InChI is InChI=1S/C14H16FN3O.HI/c1-9-11-7-10(15)3-4-12(11)19-13(9)8-18-14-16-5-2-6-17-14;/h3-4,7H,2,5-6,8H2,1H3,(H2,16,17,18);1H. The molecule has 2 heterocycles. The highest BCUT2D eigenvalue weighted by atomic mass is 127. The van der Waals surface area contributed by atoms with Gasteiger partial charge in [-0.2, -0.15) is 0 Å². The molecule has 6 heteroatoms. The van der Waals surface area contributed by atoms with Crippen molar-refractivity contribution in [2.24, 2.45) is 4.99 Å². The number of nitrogens with one attached hydrogen (secondary N) is 2. The number of rotatable bonds is 2. The number of furan rings is 1. The zero-order chi connectivity index (χ0) is 13.2. The van der Waals surface area contributed by atoms with Crippen molar-refractivity contribution in [3.8, 4) is 0 Å². The molecule has 1 aromatic heterocycles. The maximum absolute atomic E-state index is 13.2. The number of nitrogens with zero attached hydrogens (tertiary/aromatic N) is 1. The van der Waals surface area contributed by atoms with Gasteiger partial charge >= 0.3 is 0 Å². The zero-order valence-electron chi connectivity index (χ0n) is 11.2. The van der Waals surface area contributed by atoms with E-state index in [4.69, 9.17) is 4.42 Å². The van der Waals surface area contributed by atoms with Crippen LogP contribution in [0.5, 0.6) is 0 Å². The number of halogens is 2. The average molecular weight is 389 g/mol. The van der Waals surface area contributed by atoms with E-state index in [9.17, 15) is 4.39 Å². The van der Waals surface area contributed by atoms with Crippen LogP contribution in [0, 0.1) is 12.7 Å². The smallest absolute Gasteiger partial charge is 0.191 e. The van der Waals surface area contributed by atoms with Gasteiger partial charge in [0.1, 0.15) is 17.2 Å². The topological polar surface area (TPSA) is 49.6 Å². The number of aryl methyl sites for hydroxylation is 1. The third-order valence-electron chi connectivity index (χ3n) is 3.31. The third-order valence-corrected chi connectivity index (χ3v) is 3.31. The third kappa shape index (κ3) is 3.05. The highest BCUT2D eigenvalue weighted by Crippen LogP contribution is 2.25. The van der Waals surface area contributed by atoms with Gasteiger partial charge in [-0.15, -0.1) is 24.0 Å². The predicted molar refractivity (Wildman–Crippen MR) is 88.1 cm³/mol.